The highest BCUT2D eigenvalue weighted by Gasteiger charge is 2.71. The van der Waals surface area contributed by atoms with E-state index in [1.54, 1.807) is 25.4 Å². The van der Waals surface area contributed by atoms with Crippen molar-refractivity contribution in [3.8, 4) is 10.6 Å². The van der Waals surface area contributed by atoms with Gasteiger partial charge in [-0.3, -0.25) is 10.3 Å². The zero-order valence-electron chi connectivity index (χ0n) is 11.9. The van der Waals surface area contributed by atoms with E-state index < -0.39 is 24.0 Å². The lowest BCUT2D eigenvalue weighted by Gasteiger charge is -2.12. The van der Waals surface area contributed by atoms with Gasteiger partial charge in [-0.05, 0) is 26.0 Å². The van der Waals surface area contributed by atoms with Gasteiger partial charge in [0.05, 0.1) is 12.1 Å². The van der Waals surface area contributed by atoms with Gasteiger partial charge in [-0.25, -0.2) is 18.6 Å². The largest absolute Gasteiger partial charge is 0.436 e. The molecule has 0 saturated heterocycles. The minimum absolute atomic E-state index is 0.448. The van der Waals surface area contributed by atoms with Crippen LogP contribution in [0, 0.1) is 6.92 Å². The first kappa shape index (κ1) is 14.8. The Hall–Kier alpha value is -2.09. The quantitative estimate of drug-likeness (QED) is 0.930. The van der Waals surface area contributed by atoms with Crippen molar-refractivity contribution in [1.29, 1.82) is 0 Å². The summed E-state index contributed by atoms with van der Waals surface area (Å²) in [6.07, 6.45) is 1.96. The monoisotopic (exact) mass is 325 g/mol. The Kier molecular flexibility index (Phi) is 3.36. The fourth-order valence-corrected chi connectivity index (χ4v) is 2.88. The molecule has 1 aliphatic carbocycles. The summed E-state index contributed by atoms with van der Waals surface area (Å²) in [4.78, 5) is 20.1. The molecule has 1 N–H and O–H groups in total. The van der Waals surface area contributed by atoms with Crippen molar-refractivity contribution in [2.24, 2.45) is 0 Å². The number of aromatic nitrogens is 2. The zero-order chi connectivity index (χ0) is 16.0. The number of rotatable bonds is 3. The van der Waals surface area contributed by atoms with Crippen LogP contribution in [0.3, 0.4) is 0 Å². The number of hydrogen-bond donors (Lipinski definition) is 1. The number of thiazole rings is 1. The van der Waals surface area contributed by atoms with E-state index in [-0.39, 0.29) is 0 Å². The van der Waals surface area contributed by atoms with E-state index in [0.29, 0.717) is 15.7 Å². The van der Waals surface area contributed by atoms with Crippen molar-refractivity contribution in [1.82, 2.24) is 9.97 Å². The Morgan fingerprint density at radius 2 is 2.23 bits per heavy atom. The smallest absolute Gasteiger partial charge is 0.413 e. The van der Waals surface area contributed by atoms with Crippen LogP contribution in [0.4, 0.5) is 18.6 Å². The fraction of sp³-hybridized carbons (Fsp3) is 0.357. The van der Waals surface area contributed by atoms with Crippen LogP contribution in [-0.2, 0) is 4.74 Å². The van der Waals surface area contributed by atoms with Gasteiger partial charge in [0.1, 0.15) is 10.0 Å². The van der Waals surface area contributed by atoms with Gasteiger partial charge in [-0.2, -0.15) is 0 Å². The maximum Gasteiger partial charge on any atom is 0.413 e. The predicted octanol–water partition coefficient (Wildman–Crippen LogP) is 3.86. The van der Waals surface area contributed by atoms with Crippen LogP contribution in [0.2, 0.25) is 0 Å². The summed E-state index contributed by atoms with van der Waals surface area (Å²) in [6.45, 7) is 2.94. The van der Waals surface area contributed by atoms with Gasteiger partial charge < -0.3 is 4.74 Å². The van der Waals surface area contributed by atoms with Crippen LogP contribution < -0.4 is 5.32 Å². The molecule has 1 saturated carbocycles. The van der Waals surface area contributed by atoms with Crippen molar-refractivity contribution in [3.05, 3.63) is 30.2 Å². The van der Waals surface area contributed by atoms with Crippen molar-refractivity contribution >= 4 is 22.4 Å². The molecule has 5 nitrogen and oxygen atoms in total. The highest BCUT2D eigenvalue weighted by Crippen LogP contribution is 2.55. The summed E-state index contributed by atoms with van der Waals surface area (Å²) in [5, 5.41) is 3.63. The van der Waals surface area contributed by atoms with Gasteiger partial charge in [-0.1, -0.05) is 11.3 Å². The van der Waals surface area contributed by atoms with E-state index in [2.05, 4.69) is 15.3 Å². The molecule has 8 heteroatoms. The van der Waals surface area contributed by atoms with Crippen molar-refractivity contribution < 1.29 is 18.3 Å². The third-order valence-corrected chi connectivity index (χ3v) is 4.57. The number of carbonyl (C=O) groups excluding carboxylic acids is 1. The molecule has 22 heavy (non-hydrogen) atoms. The van der Waals surface area contributed by atoms with Gasteiger partial charge in [0.2, 0.25) is 0 Å². The molecule has 3 rings (SSSR count). The Balaban J connectivity index is 1.71. The molecule has 1 unspecified atom stereocenters. The van der Waals surface area contributed by atoms with E-state index in [1.807, 2.05) is 6.07 Å². The lowest BCUT2D eigenvalue weighted by molar-refractivity contribution is -0.00275. The number of aryl methyl sites for hydroxylation is 1. The van der Waals surface area contributed by atoms with E-state index in [4.69, 9.17) is 4.74 Å². The zero-order valence-corrected chi connectivity index (χ0v) is 12.7. The van der Waals surface area contributed by atoms with Gasteiger partial charge in [0.15, 0.2) is 5.60 Å². The lowest BCUT2D eigenvalue weighted by Crippen LogP contribution is -2.26. The lowest BCUT2D eigenvalue weighted by atomic mass is 10.3. The summed E-state index contributed by atoms with van der Waals surface area (Å²) in [7, 11) is 0. The Morgan fingerprint density at radius 1 is 1.50 bits per heavy atom. The fourth-order valence-electron chi connectivity index (χ4n) is 1.94. The number of amides is 1. The Bertz CT molecular complexity index is 720. The molecule has 0 radical (unpaired) electrons. The Labute approximate surface area is 129 Å². The van der Waals surface area contributed by atoms with Gasteiger partial charge in [0, 0.05) is 18.0 Å². The highest BCUT2D eigenvalue weighted by atomic mass is 32.1. The van der Waals surface area contributed by atoms with Gasteiger partial charge in [0.25, 0.3) is 5.92 Å². The van der Waals surface area contributed by atoms with Crippen LogP contribution in [0.1, 0.15) is 19.0 Å². The van der Waals surface area contributed by atoms with E-state index in [0.717, 1.165) is 5.56 Å². The summed E-state index contributed by atoms with van der Waals surface area (Å²) < 4.78 is 30.9. The molecule has 0 bridgehead atoms. The minimum atomic E-state index is -2.95. The molecule has 0 aliphatic heterocycles. The number of nitrogens with one attached hydrogen (secondary N) is 1. The first-order valence-electron chi connectivity index (χ1n) is 6.56. The number of alkyl halides is 2. The molecule has 1 aliphatic rings. The van der Waals surface area contributed by atoms with Gasteiger partial charge >= 0.3 is 6.09 Å². The molecule has 0 aromatic carbocycles. The van der Waals surface area contributed by atoms with E-state index in [9.17, 15) is 13.6 Å². The first-order chi connectivity index (χ1) is 10.3. The van der Waals surface area contributed by atoms with Crippen molar-refractivity contribution in [3.63, 3.8) is 0 Å². The molecule has 116 valence electrons. The van der Waals surface area contributed by atoms with Crippen LogP contribution >= 0.6 is 11.3 Å². The number of hydrogen-bond acceptors (Lipinski definition) is 5. The maximum atomic E-state index is 13.1. The van der Waals surface area contributed by atoms with Crippen LogP contribution in [0.15, 0.2) is 24.5 Å². The molecular formula is C14H13F2N3O2S. The van der Waals surface area contributed by atoms with Crippen LogP contribution in [-0.4, -0.2) is 27.6 Å². The third kappa shape index (κ3) is 2.66. The van der Waals surface area contributed by atoms with E-state index >= 15 is 0 Å². The molecule has 2 heterocycles. The topological polar surface area (TPSA) is 64.1 Å². The average Bonchev–Trinajstić information content (AvgIpc) is 2.76. The molecule has 1 fully saturated rings. The highest BCUT2D eigenvalue weighted by molar-refractivity contribution is 7.19. The second-order valence-electron chi connectivity index (χ2n) is 5.30. The second-order valence-corrected chi connectivity index (χ2v) is 6.30. The second kappa shape index (κ2) is 4.98. The predicted molar refractivity (Wildman–Crippen MR) is 78.2 cm³/mol. The van der Waals surface area contributed by atoms with Crippen LogP contribution in [0.25, 0.3) is 10.6 Å². The molecule has 2 aromatic heterocycles. The maximum absolute atomic E-state index is 13.1. The summed E-state index contributed by atoms with van der Waals surface area (Å²) in [6, 6.07) is 3.63. The van der Waals surface area contributed by atoms with Gasteiger partial charge in [-0.15, -0.1) is 0 Å². The summed E-state index contributed by atoms with van der Waals surface area (Å²) >= 11 is 1.24. The molecule has 2 aromatic rings. The average molecular weight is 325 g/mol. The molecule has 0 spiro atoms. The van der Waals surface area contributed by atoms with Crippen molar-refractivity contribution in [2.45, 2.75) is 31.8 Å². The Morgan fingerprint density at radius 3 is 2.82 bits per heavy atom. The SMILES string of the molecule is Cc1nc(-c2cccnc2)sc1NC(=O)OC1(C)CC1(F)F. The number of nitrogens with zero attached hydrogens (tertiary/aromatic N) is 2. The van der Waals surface area contributed by atoms with E-state index in [1.165, 1.54) is 18.3 Å². The minimum Gasteiger partial charge on any atom is -0.436 e. The van der Waals surface area contributed by atoms with Crippen molar-refractivity contribution in [2.75, 3.05) is 5.32 Å². The number of pyridine rings is 1. The first-order valence-corrected chi connectivity index (χ1v) is 7.38. The van der Waals surface area contributed by atoms with Crippen LogP contribution in [0.5, 0.6) is 0 Å². The standard InChI is InChI=1S/C14H13F2N3O2S/c1-8-10(19-12(20)21-13(2)7-14(13,15)16)22-11(18-8)9-4-3-5-17-6-9/h3-6H,7H2,1-2H3,(H,19,20). The molecule has 1 atom stereocenters. The molecular weight excluding hydrogens is 312 g/mol. The molecule has 1 amide bonds. The number of carbonyl (C=O) groups is 1. The normalized spacial score (nSPS) is 22.2. The number of halogens is 2. The summed E-state index contributed by atoms with van der Waals surface area (Å²) in [5.74, 6) is -2.95. The summed E-state index contributed by atoms with van der Waals surface area (Å²) in [5.41, 5.74) is -0.298. The third-order valence-electron chi connectivity index (χ3n) is 3.45. The number of ether oxygens (including phenoxy) is 1. The number of anilines is 1.